The van der Waals surface area contributed by atoms with Crippen LogP contribution in [0.3, 0.4) is 0 Å². The summed E-state index contributed by atoms with van der Waals surface area (Å²) >= 11 is 0. The molecule has 1 aromatic heterocycles. The fraction of sp³-hybridized carbons (Fsp3) is 0.500. The monoisotopic (exact) mass is 259 g/mol. The quantitative estimate of drug-likeness (QED) is 0.920. The van der Waals surface area contributed by atoms with Gasteiger partial charge < -0.3 is 5.11 Å². The molecule has 1 heterocycles. The van der Waals surface area contributed by atoms with E-state index >= 15 is 0 Å². The van der Waals surface area contributed by atoms with Gasteiger partial charge in [-0.15, -0.1) is 5.10 Å². The number of nitrogens with zero attached hydrogens (tertiary/aromatic N) is 3. The number of benzene rings is 1. The van der Waals surface area contributed by atoms with Crippen molar-refractivity contribution >= 4 is 17.0 Å². The summed E-state index contributed by atoms with van der Waals surface area (Å²) in [4.78, 5) is 11.3. The Kier molecular flexibility index (Phi) is 2.77. The van der Waals surface area contributed by atoms with Gasteiger partial charge in [0.2, 0.25) is 0 Å². The Morgan fingerprint density at radius 2 is 2.16 bits per heavy atom. The first-order valence-electron chi connectivity index (χ1n) is 6.65. The van der Waals surface area contributed by atoms with Crippen molar-refractivity contribution in [2.75, 3.05) is 0 Å². The molecule has 0 bridgehead atoms. The zero-order chi connectivity index (χ0) is 13.5. The molecule has 1 N–H and O–H groups in total. The average molecular weight is 259 g/mol. The number of aromatic carboxylic acids is 1. The van der Waals surface area contributed by atoms with E-state index < -0.39 is 5.97 Å². The van der Waals surface area contributed by atoms with Gasteiger partial charge in [0.05, 0.1) is 5.56 Å². The summed E-state index contributed by atoms with van der Waals surface area (Å²) in [7, 11) is 0. The Hall–Kier alpha value is -1.91. The average Bonchev–Trinajstić information content (AvgIpc) is 2.97. The van der Waals surface area contributed by atoms with Gasteiger partial charge in [0.15, 0.2) is 0 Å². The molecule has 0 unspecified atom stereocenters. The third-order valence-electron chi connectivity index (χ3n) is 4.11. The molecule has 5 nitrogen and oxygen atoms in total. The normalized spacial score (nSPS) is 17.9. The predicted molar refractivity (Wildman–Crippen MR) is 71.1 cm³/mol. The molecule has 1 saturated carbocycles. The highest BCUT2D eigenvalue weighted by Gasteiger charge is 2.30. The molecule has 0 atom stereocenters. The summed E-state index contributed by atoms with van der Waals surface area (Å²) < 4.78 is 1.77. The summed E-state index contributed by atoms with van der Waals surface area (Å²) in [5, 5.41) is 17.5. The zero-order valence-electron chi connectivity index (χ0n) is 11.0. The molecule has 19 heavy (non-hydrogen) atoms. The van der Waals surface area contributed by atoms with E-state index in [9.17, 15) is 9.90 Å². The first-order chi connectivity index (χ1) is 9.09. The first kappa shape index (κ1) is 12.1. The van der Waals surface area contributed by atoms with Gasteiger partial charge in [0.25, 0.3) is 0 Å². The molecule has 1 fully saturated rings. The Labute approximate surface area is 111 Å². The molecule has 1 aromatic carbocycles. The van der Waals surface area contributed by atoms with Gasteiger partial charge in [-0.05, 0) is 30.4 Å². The lowest BCUT2D eigenvalue weighted by atomic mass is 9.89. The van der Waals surface area contributed by atoms with Gasteiger partial charge in [-0.1, -0.05) is 31.0 Å². The molecule has 0 aliphatic heterocycles. The van der Waals surface area contributed by atoms with Gasteiger partial charge >= 0.3 is 5.97 Å². The minimum absolute atomic E-state index is 0.215. The van der Waals surface area contributed by atoms with Crippen LogP contribution in [0.2, 0.25) is 0 Å². The van der Waals surface area contributed by atoms with E-state index in [0.29, 0.717) is 11.0 Å². The van der Waals surface area contributed by atoms with E-state index in [-0.39, 0.29) is 11.0 Å². The third kappa shape index (κ3) is 2.09. The summed E-state index contributed by atoms with van der Waals surface area (Å²) in [5.41, 5.74) is 1.79. The molecular formula is C14H17N3O2. The second-order valence-corrected chi connectivity index (χ2v) is 5.74. The molecule has 1 aliphatic rings. The molecule has 0 spiro atoms. The van der Waals surface area contributed by atoms with E-state index in [2.05, 4.69) is 17.2 Å². The van der Waals surface area contributed by atoms with E-state index in [0.717, 1.165) is 6.54 Å². The van der Waals surface area contributed by atoms with E-state index in [1.165, 1.54) is 25.7 Å². The molecule has 3 rings (SSSR count). The summed E-state index contributed by atoms with van der Waals surface area (Å²) in [6, 6.07) is 5.13. The zero-order valence-corrected chi connectivity index (χ0v) is 11.0. The van der Waals surface area contributed by atoms with Crippen LogP contribution in [-0.2, 0) is 6.54 Å². The van der Waals surface area contributed by atoms with Crippen molar-refractivity contribution < 1.29 is 9.90 Å². The molecule has 0 amide bonds. The van der Waals surface area contributed by atoms with Crippen LogP contribution in [0, 0.1) is 5.41 Å². The number of aromatic nitrogens is 3. The number of fused-ring (bicyclic) bond motifs is 1. The summed E-state index contributed by atoms with van der Waals surface area (Å²) in [6.07, 6.45) is 4.83. The maximum Gasteiger partial charge on any atom is 0.337 e. The topological polar surface area (TPSA) is 68.0 Å². The van der Waals surface area contributed by atoms with Crippen LogP contribution in [0.15, 0.2) is 18.2 Å². The van der Waals surface area contributed by atoms with Gasteiger partial charge in [0.1, 0.15) is 11.0 Å². The van der Waals surface area contributed by atoms with Crippen LogP contribution >= 0.6 is 0 Å². The van der Waals surface area contributed by atoms with E-state index in [4.69, 9.17) is 0 Å². The number of para-hydroxylation sites is 1. The lowest BCUT2D eigenvalue weighted by Crippen LogP contribution is -2.21. The van der Waals surface area contributed by atoms with E-state index in [1.54, 1.807) is 16.8 Å². The largest absolute Gasteiger partial charge is 0.478 e. The molecular weight excluding hydrogens is 242 g/mol. The Bertz CT molecular complexity index is 627. The van der Waals surface area contributed by atoms with Crippen molar-refractivity contribution in [1.82, 2.24) is 15.0 Å². The highest BCUT2D eigenvalue weighted by atomic mass is 16.4. The van der Waals surface area contributed by atoms with Crippen molar-refractivity contribution in [2.24, 2.45) is 5.41 Å². The third-order valence-corrected chi connectivity index (χ3v) is 4.11. The Morgan fingerprint density at radius 3 is 2.84 bits per heavy atom. The van der Waals surface area contributed by atoms with Crippen LogP contribution in [0.25, 0.3) is 11.0 Å². The summed E-state index contributed by atoms with van der Waals surface area (Å²) in [5.74, 6) is -0.925. The lowest BCUT2D eigenvalue weighted by Gasteiger charge is -2.23. The minimum atomic E-state index is -0.925. The Morgan fingerprint density at radius 1 is 1.42 bits per heavy atom. The van der Waals surface area contributed by atoms with Gasteiger partial charge in [-0.3, -0.25) is 0 Å². The summed E-state index contributed by atoms with van der Waals surface area (Å²) in [6.45, 7) is 2.99. The van der Waals surface area contributed by atoms with Crippen molar-refractivity contribution in [2.45, 2.75) is 39.2 Å². The molecule has 2 aromatic rings. The van der Waals surface area contributed by atoms with Crippen molar-refractivity contribution in [3.05, 3.63) is 23.8 Å². The Balaban J connectivity index is 2.06. The van der Waals surface area contributed by atoms with Crippen LogP contribution in [0.5, 0.6) is 0 Å². The molecule has 0 saturated heterocycles. The van der Waals surface area contributed by atoms with E-state index in [1.807, 2.05) is 6.07 Å². The number of carboxylic acid groups (broad SMARTS) is 1. The molecule has 100 valence electrons. The number of carboxylic acids is 1. The fourth-order valence-corrected chi connectivity index (χ4v) is 3.06. The number of hydrogen-bond acceptors (Lipinski definition) is 3. The standard InChI is InChI=1S/C14H17N3O2/c1-14(7-2-3-8-14)9-17-12-10(13(18)19)5-4-6-11(12)15-16-17/h4-6H,2-3,7-9H2,1H3,(H,18,19). The van der Waals surface area contributed by atoms with Crippen molar-refractivity contribution in [3.8, 4) is 0 Å². The first-order valence-corrected chi connectivity index (χ1v) is 6.65. The second-order valence-electron chi connectivity index (χ2n) is 5.74. The molecule has 5 heteroatoms. The maximum atomic E-state index is 11.3. The molecule has 1 aliphatic carbocycles. The lowest BCUT2D eigenvalue weighted by molar-refractivity contribution is 0.0698. The highest BCUT2D eigenvalue weighted by Crippen LogP contribution is 2.39. The second kappa shape index (κ2) is 4.33. The maximum absolute atomic E-state index is 11.3. The number of hydrogen-bond donors (Lipinski definition) is 1. The number of rotatable bonds is 3. The van der Waals surface area contributed by atoms with Gasteiger partial charge in [-0.25, -0.2) is 9.48 Å². The smallest absolute Gasteiger partial charge is 0.337 e. The predicted octanol–water partition coefficient (Wildman–Crippen LogP) is 2.71. The van der Waals surface area contributed by atoms with Crippen LogP contribution < -0.4 is 0 Å². The minimum Gasteiger partial charge on any atom is -0.478 e. The van der Waals surface area contributed by atoms with Crippen LogP contribution in [0.1, 0.15) is 43.0 Å². The van der Waals surface area contributed by atoms with Crippen LogP contribution in [0.4, 0.5) is 0 Å². The van der Waals surface area contributed by atoms with Gasteiger partial charge in [-0.2, -0.15) is 0 Å². The van der Waals surface area contributed by atoms with Gasteiger partial charge in [0, 0.05) is 6.54 Å². The van der Waals surface area contributed by atoms with Crippen molar-refractivity contribution in [1.29, 1.82) is 0 Å². The fourth-order valence-electron chi connectivity index (χ4n) is 3.06. The SMILES string of the molecule is CC1(Cn2nnc3cccc(C(=O)O)c32)CCCC1. The van der Waals surface area contributed by atoms with Crippen LogP contribution in [-0.4, -0.2) is 26.1 Å². The number of carbonyl (C=O) groups is 1. The highest BCUT2D eigenvalue weighted by molar-refractivity contribution is 6.00. The van der Waals surface area contributed by atoms with Crippen molar-refractivity contribution in [3.63, 3.8) is 0 Å². The molecule has 0 radical (unpaired) electrons.